The highest BCUT2D eigenvalue weighted by atomic mass is 35.5. The van der Waals surface area contributed by atoms with E-state index < -0.39 is 10.0 Å². The summed E-state index contributed by atoms with van der Waals surface area (Å²) in [7, 11) is -3.52. The molecule has 0 spiro atoms. The highest BCUT2D eigenvalue weighted by Crippen LogP contribution is 2.28. The van der Waals surface area contributed by atoms with Crippen LogP contribution in [-0.2, 0) is 10.0 Å². The van der Waals surface area contributed by atoms with Gasteiger partial charge in [0.1, 0.15) is 4.90 Å². The molecule has 3 N–H and O–H groups in total. The summed E-state index contributed by atoms with van der Waals surface area (Å²) in [5.41, 5.74) is 5.66. The van der Waals surface area contributed by atoms with Gasteiger partial charge >= 0.3 is 0 Å². The third-order valence-electron chi connectivity index (χ3n) is 3.99. The van der Waals surface area contributed by atoms with Gasteiger partial charge < -0.3 is 5.73 Å². The lowest BCUT2D eigenvalue weighted by Crippen LogP contribution is -2.32. The van der Waals surface area contributed by atoms with Gasteiger partial charge in [0.2, 0.25) is 10.0 Å². The first-order chi connectivity index (χ1) is 9.53. The van der Waals surface area contributed by atoms with E-state index in [1.54, 1.807) is 18.2 Å². The van der Waals surface area contributed by atoms with E-state index in [0.29, 0.717) is 18.4 Å². The predicted octanol–water partition coefficient (Wildman–Crippen LogP) is 2.38. The summed E-state index contributed by atoms with van der Waals surface area (Å²) < 4.78 is 27.1. The maximum atomic E-state index is 12.2. The van der Waals surface area contributed by atoms with Crippen LogP contribution in [0.1, 0.15) is 25.7 Å². The Labute approximate surface area is 125 Å². The molecule has 4 nitrogen and oxygen atoms in total. The Balaban J connectivity index is 1.92. The molecule has 0 bridgehead atoms. The topological polar surface area (TPSA) is 72.2 Å². The van der Waals surface area contributed by atoms with E-state index in [1.165, 1.54) is 6.07 Å². The molecule has 2 rings (SSSR count). The Morgan fingerprint density at radius 3 is 2.35 bits per heavy atom. The number of benzene rings is 1. The molecule has 6 heteroatoms. The van der Waals surface area contributed by atoms with E-state index in [0.717, 1.165) is 32.2 Å². The Hall–Kier alpha value is -0.620. The molecule has 0 amide bonds. The van der Waals surface area contributed by atoms with Crippen molar-refractivity contribution in [2.24, 2.45) is 17.6 Å². The van der Waals surface area contributed by atoms with E-state index in [1.807, 2.05) is 0 Å². The summed E-state index contributed by atoms with van der Waals surface area (Å²) in [6, 6.07) is 6.50. The van der Waals surface area contributed by atoms with Crippen molar-refractivity contribution in [2.75, 3.05) is 13.1 Å². The van der Waals surface area contributed by atoms with Crippen molar-refractivity contribution >= 4 is 21.6 Å². The Morgan fingerprint density at radius 2 is 1.75 bits per heavy atom. The third kappa shape index (κ3) is 3.95. The van der Waals surface area contributed by atoms with E-state index in [9.17, 15) is 8.42 Å². The van der Waals surface area contributed by atoms with Crippen molar-refractivity contribution < 1.29 is 8.42 Å². The van der Waals surface area contributed by atoms with Crippen LogP contribution in [0.3, 0.4) is 0 Å². The molecule has 0 aromatic heterocycles. The van der Waals surface area contributed by atoms with Crippen LogP contribution in [0.4, 0.5) is 0 Å². The molecule has 1 aliphatic rings. The first kappa shape index (κ1) is 15.8. The minimum atomic E-state index is -3.52. The molecule has 0 unspecified atom stereocenters. The van der Waals surface area contributed by atoms with Gasteiger partial charge in [-0.05, 0) is 56.2 Å². The first-order valence-corrected chi connectivity index (χ1v) is 8.83. The van der Waals surface area contributed by atoms with Crippen LogP contribution in [0.5, 0.6) is 0 Å². The molecule has 0 heterocycles. The van der Waals surface area contributed by atoms with Gasteiger partial charge in [0.05, 0.1) is 5.02 Å². The van der Waals surface area contributed by atoms with E-state index >= 15 is 0 Å². The summed E-state index contributed by atoms with van der Waals surface area (Å²) in [6.07, 6.45) is 4.25. The molecule has 0 saturated heterocycles. The minimum absolute atomic E-state index is 0.150. The molecule has 1 aromatic rings. The number of sulfonamides is 1. The molecule has 0 atom stereocenters. The number of nitrogens with one attached hydrogen (secondary N) is 1. The monoisotopic (exact) mass is 316 g/mol. The molecule has 1 saturated carbocycles. The van der Waals surface area contributed by atoms with Crippen LogP contribution < -0.4 is 10.5 Å². The third-order valence-corrected chi connectivity index (χ3v) is 5.91. The van der Waals surface area contributed by atoms with Gasteiger partial charge in [-0.25, -0.2) is 13.1 Å². The van der Waals surface area contributed by atoms with E-state index in [4.69, 9.17) is 17.3 Å². The average Bonchev–Trinajstić information content (AvgIpc) is 2.46. The van der Waals surface area contributed by atoms with Crippen LogP contribution in [0.2, 0.25) is 5.02 Å². The molecule has 112 valence electrons. The number of hydrogen-bond donors (Lipinski definition) is 2. The molecule has 1 aromatic carbocycles. The normalized spacial score (nSPS) is 23.7. The van der Waals surface area contributed by atoms with Gasteiger partial charge in [0.15, 0.2) is 0 Å². The molecule has 1 fully saturated rings. The second-order valence-corrected chi connectivity index (χ2v) is 7.55. The fourth-order valence-corrected chi connectivity index (χ4v) is 4.27. The SMILES string of the molecule is NCC1CCC(CNS(=O)(=O)c2ccccc2Cl)CC1. The van der Waals surface area contributed by atoms with E-state index in [-0.39, 0.29) is 9.92 Å². The van der Waals surface area contributed by atoms with Crippen molar-refractivity contribution in [3.05, 3.63) is 29.3 Å². The highest BCUT2D eigenvalue weighted by molar-refractivity contribution is 7.89. The van der Waals surface area contributed by atoms with Crippen molar-refractivity contribution in [1.29, 1.82) is 0 Å². The molecule has 0 aliphatic heterocycles. The zero-order chi connectivity index (χ0) is 14.6. The lowest BCUT2D eigenvalue weighted by molar-refractivity contribution is 0.280. The lowest BCUT2D eigenvalue weighted by Gasteiger charge is -2.27. The second kappa shape index (κ2) is 6.89. The van der Waals surface area contributed by atoms with Gasteiger partial charge in [0, 0.05) is 6.54 Å². The molecule has 0 radical (unpaired) electrons. The van der Waals surface area contributed by atoms with Crippen LogP contribution in [0, 0.1) is 11.8 Å². The maximum absolute atomic E-state index is 12.2. The van der Waals surface area contributed by atoms with Crippen LogP contribution in [0.25, 0.3) is 0 Å². The average molecular weight is 317 g/mol. The summed E-state index contributed by atoms with van der Waals surface area (Å²) in [6.45, 7) is 1.21. The van der Waals surface area contributed by atoms with Gasteiger partial charge in [0.25, 0.3) is 0 Å². The van der Waals surface area contributed by atoms with Crippen LogP contribution in [-0.4, -0.2) is 21.5 Å². The second-order valence-electron chi connectivity index (χ2n) is 5.40. The van der Waals surface area contributed by atoms with Gasteiger partial charge in [-0.15, -0.1) is 0 Å². The Kier molecular flexibility index (Phi) is 5.43. The minimum Gasteiger partial charge on any atom is -0.330 e. The largest absolute Gasteiger partial charge is 0.330 e. The van der Waals surface area contributed by atoms with Crippen molar-refractivity contribution in [2.45, 2.75) is 30.6 Å². The first-order valence-electron chi connectivity index (χ1n) is 6.97. The fraction of sp³-hybridized carbons (Fsp3) is 0.571. The van der Waals surface area contributed by atoms with Crippen molar-refractivity contribution in [3.8, 4) is 0 Å². The highest BCUT2D eigenvalue weighted by Gasteiger charge is 2.23. The summed E-state index contributed by atoms with van der Waals surface area (Å²) in [5.74, 6) is 1.00. The van der Waals surface area contributed by atoms with Crippen molar-refractivity contribution in [1.82, 2.24) is 4.72 Å². The Morgan fingerprint density at radius 1 is 1.15 bits per heavy atom. The Bertz CT molecular complexity index is 540. The molecular weight excluding hydrogens is 296 g/mol. The number of halogens is 1. The predicted molar refractivity (Wildman–Crippen MR) is 81.1 cm³/mol. The quantitative estimate of drug-likeness (QED) is 0.876. The fourth-order valence-electron chi connectivity index (χ4n) is 2.64. The van der Waals surface area contributed by atoms with E-state index in [2.05, 4.69) is 4.72 Å². The zero-order valence-corrected chi connectivity index (χ0v) is 13.0. The van der Waals surface area contributed by atoms with Gasteiger partial charge in [-0.3, -0.25) is 0 Å². The number of hydrogen-bond acceptors (Lipinski definition) is 3. The van der Waals surface area contributed by atoms with Gasteiger partial charge in [-0.2, -0.15) is 0 Å². The number of nitrogens with two attached hydrogens (primary N) is 1. The smallest absolute Gasteiger partial charge is 0.242 e. The molecule has 20 heavy (non-hydrogen) atoms. The van der Waals surface area contributed by atoms with Crippen LogP contribution in [0.15, 0.2) is 29.2 Å². The lowest BCUT2D eigenvalue weighted by atomic mass is 9.82. The van der Waals surface area contributed by atoms with Gasteiger partial charge in [-0.1, -0.05) is 23.7 Å². The molecule has 1 aliphatic carbocycles. The van der Waals surface area contributed by atoms with Crippen LogP contribution >= 0.6 is 11.6 Å². The molecular formula is C14H21ClN2O2S. The maximum Gasteiger partial charge on any atom is 0.242 e. The standard InChI is InChI=1S/C14H21ClN2O2S/c15-13-3-1-2-4-14(13)20(18,19)17-10-12-7-5-11(9-16)6-8-12/h1-4,11-12,17H,5-10,16H2. The summed E-state index contributed by atoms with van der Waals surface area (Å²) >= 11 is 5.94. The summed E-state index contributed by atoms with van der Waals surface area (Å²) in [4.78, 5) is 0.150. The summed E-state index contributed by atoms with van der Waals surface area (Å²) in [5, 5.41) is 0.256. The van der Waals surface area contributed by atoms with Crippen molar-refractivity contribution in [3.63, 3.8) is 0 Å². The zero-order valence-electron chi connectivity index (χ0n) is 11.4. The number of rotatable bonds is 5.